The van der Waals surface area contributed by atoms with Crippen LogP contribution in [0.1, 0.15) is 21.5 Å². The second-order valence-corrected chi connectivity index (χ2v) is 5.09. The van der Waals surface area contributed by atoms with Gasteiger partial charge in [-0.15, -0.1) is 0 Å². The quantitative estimate of drug-likeness (QED) is 0.669. The number of nitriles is 1. The summed E-state index contributed by atoms with van der Waals surface area (Å²) in [6.45, 7) is 1.93. The van der Waals surface area contributed by atoms with E-state index in [2.05, 4.69) is 5.32 Å². The fourth-order valence-corrected chi connectivity index (χ4v) is 1.97. The predicted molar refractivity (Wildman–Crippen MR) is 88.3 cm³/mol. The first-order valence-corrected chi connectivity index (χ1v) is 7.00. The predicted octanol–water partition coefficient (Wildman–Crippen LogP) is 2.78. The number of nitrogens with zero attached hydrogens (tertiary/aromatic N) is 1. The average Bonchev–Trinajstić information content (AvgIpc) is 2.54. The lowest BCUT2D eigenvalue weighted by Crippen LogP contribution is -2.16. The summed E-state index contributed by atoms with van der Waals surface area (Å²) in [4.78, 5) is 23.1. The fraction of sp³-hybridized carbons (Fsp3) is 0.0556. The molecular weight excluding hydrogens is 309 g/mol. The Morgan fingerprint density at radius 2 is 1.88 bits per heavy atom. The Hall–Kier alpha value is -3.46. The van der Waals surface area contributed by atoms with Crippen LogP contribution in [0.4, 0.5) is 10.1 Å². The van der Waals surface area contributed by atoms with Gasteiger partial charge in [0.2, 0.25) is 0 Å². The third-order valence-electron chi connectivity index (χ3n) is 3.25. The van der Waals surface area contributed by atoms with Gasteiger partial charge >= 0.3 is 0 Å². The van der Waals surface area contributed by atoms with Crippen molar-refractivity contribution in [2.45, 2.75) is 6.92 Å². The van der Waals surface area contributed by atoms with E-state index in [1.54, 1.807) is 12.1 Å². The highest BCUT2D eigenvalue weighted by atomic mass is 19.1. The van der Waals surface area contributed by atoms with Gasteiger partial charge in [0.05, 0.1) is 5.56 Å². The fourth-order valence-electron chi connectivity index (χ4n) is 1.97. The Labute approximate surface area is 138 Å². The van der Waals surface area contributed by atoms with Crippen LogP contribution in [0.5, 0.6) is 0 Å². The Kier molecular flexibility index (Phi) is 5.07. The van der Waals surface area contributed by atoms with E-state index in [1.807, 2.05) is 25.1 Å². The zero-order valence-electron chi connectivity index (χ0n) is 12.8. The third kappa shape index (κ3) is 4.05. The van der Waals surface area contributed by atoms with Gasteiger partial charge in [-0.3, -0.25) is 9.59 Å². The van der Waals surface area contributed by atoms with Crippen LogP contribution >= 0.6 is 0 Å². The van der Waals surface area contributed by atoms with Crippen LogP contribution in [0, 0.1) is 24.1 Å². The molecule has 0 atom stereocenters. The summed E-state index contributed by atoms with van der Waals surface area (Å²) in [6, 6.07) is 12.6. The molecule has 0 aliphatic carbocycles. The number of nitrogens with two attached hydrogens (primary N) is 1. The van der Waals surface area contributed by atoms with Crippen molar-refractivity contribution < 1.29 is 14.0 Å². The Bertz CT molecular complexity index is 865. The number of primary amides is 1. The molecule has 2 aromatic carbocycles. The van der Waals surface area contributed by atoms with E-state index in [0.29, 0.717) is 5.56 Å². The average molecular weight is 323 g/mol. The van der Waals surface area contributed by atoms with E-state index >= 15 is 0 Å². The molecule has 24 heavy (non-hydrogen) atoms. The number of benzene rings is 2. The van der Waals surface area contributed by atoms with Crippen LogP contribution in [-0.4, -0.2) is 11.8 Å². The molecule has 6 heteroatoms. The van der Waals surface area contributed by atoms with Gasteiger partial charge < -0.3 is 11.1 Å². The molecule has 0 heterocycles. The summed E-state index contributed by atoms with van der Waals surface area (Å²) in [6.07, 6.45) is 1.43. The molecule has 2 amide bonds. The first-order chi connectivity index (χ1) is 11.4. The standard InChI is InChI=1S/C18H14FN3O2/c1-11-2-4-12(5-3-11)8-13(10-20)18(24)22-14-6-7-15(17(21)23)16(19)9-14/h2-9H,1H3,(H2,21,23)(H,22,24)/b13-8-. The van der Waals surface area contributed by atoms with Crippen LogP contribution in [0.15, 0.2) is 48.0 Å². The molecule has 3 N–H and O–H groups in total. The van der Waals surface area contributed by atoms with E-state index in [-0.39, 0.29) is 16.8 Å². The topological polar surface area (TPSA) is 96.0 Å². The number of rotatable bonds is 4. The zero-order chi connectivity index (χ0) is 17.7. The lowest BCUT2D eigenvalue weighted by molar-refractivity contribution is -0.112. The molecule has 0 aliphatic rings. The number of halogens is 1. The summed E-state index contributed by atoms with van der Waals surface area (Å²) in [7, 11) is 0. The number of carbonyl (C=O) groups is 2. The molecule has 0 unspecified atom stereocenters. The van der Waals surface area contributed by atoms with Gasteiger partial charge in [0.25, 0.3) is 11.8 Å². The van der Waals surface area contributed by atoms with Gasteiger partial charge in [0.1, 0.15) is 17.5 Å². The molecule has 0 spiro atoms. The van der Waals surface area contributed by atoms with Gasteiger partial charge in [-0.1, -0.05) is 29.8 Å². The molecule has 0 bridgehead atoms. The van der Waals surface area contributed by atoms with E-state index in [1.165, 1.54) is 18.2 Å². The SMILES string of the molecule is Cc1ccc(/C=C(/C#N)C(=O)Nc2ccc(C(N)=O)c(F)c2)cc1. The lowest BCUT2D eigenvalue weighted by atomic mass is 10.1. The number of hydrogen-bond donors (Lipinski definition) is 2. The third-order valence-corrected chi connectivity index (χ3v) is 3.25. The molecule has 0 saturated carbocycles. The second-order valence-electron chi connectivity index (χ2n) is 5.09. The summed E-state index contributed by atoms with van der Waals surface area (Å²) in [5, 5.41) is 11.6. The number of nitrogens with one attached hydrogen (secondary N) is 1. The molecule has 2 rings (SSSR count). The molecule has 0 aromatic heterocycles. The van der Waals surface area contributed by atoms with Gasteiger partial charge in [0.15, 0.2) is 0 Å². The van der Waals surface area contributed by atoms with Gasteiger partial charge in [-0.25, -0.2) is 4.39 Å². The van der Waals surface area contributed by atoms with Crippen molar-refractivity contribution in [2.75, 3.05) is 5.32 Å². The summed E-state index contributed by atoms with van der Waals surface area (Å²) in [5.41, 5.74) is 6.48. The van der Waals surface area contributed by atoms with Crippen LogP contribution in [0.25, 0.3) is 6.08 Å². The normalized spacial score (nSPS) is 10.8. The molecule has 0 aliphatic heterocycles. The van der Waals surface area contributed by atoms with E-state index in [4.69, 9.17) is 11.0 Å². The Balaban J connectivity index is 2.21. The van der Waals surface area contributed by atoms with E-state index < -0.39 is 17.6 Å². The summed E-state index contributed by atoms with van der Waals surface area (Å²) in [5.74, 6) is -2.42. The number of aryl methyl sites for hydroxylation is 1. The minimum Gasteiger partial charge on any atom is -0.366 e. The lowest BCUT2D eigenvalue weighted by Gasteiger charge is -2.06. The monoisotopic (exact) mass is 323 g/mol. The van der Waals surface area contributed by atoms with Gasteiger partial charge in [-0.2, -0.15) is 5.26 Å². The number of carbonyl (C=O) groups excluding carboxylic acids is 2. The minimum atomic E-state index is -0.901. The highest BCUT2D eigenvalue weighted by Gasteiger charge is 2.13. The molecule has 5 nitrogen and oxygen atoms in total. The van der Waals surface area contributed by atoms with Crippen LogP contribution < -0.4 is 11.1 Å². The largest absolute Gasteiger partial charge is 0.366 e. The highest BCUT2D eigenvalue weighted by Crippen LogP contribution is 2.16. The van der Waals surface area contributed by atoms with Gasteiger partial charge in [0, 0.05) is 5.69 Å². The maximum atomic E-state index is 13.7. The molecule has 0 radical (unpaired) electrons. The van der Waals surface area contributed by atoms with Crippen molar-refractivity contribution in [2.24, 2.45) is 5.73 Å². The van der Waals surface area contributed by atoms with Crippen molar-refractivity contribution in [3.8, 4) is 6.07 Å². The highest BCUT2D eigenvalue weighted by molar-refractivity contribution is 6.09. The van der Waals surface area contributed by atoms with Crippen LogP contribution in [0.2, 0.25) is 0 Å². The smallest absolute Gasteiger partial charge is 0.266 e. The Morgan fingerprint density at radius 1 is 1.21 bits per heavy atom. The van der Waals surface area contributed by atoms with Crippen molar-refractivity contribution in [3.05, 3.63) is 70.5 Å². The molecular formula is C18H14FN3O2. The molecule has 2 aromatic rings. The molecule has 0 fully saturated rings. The van der Waals surface area contributed by atoms with Crippen molar-refractivity contribution >= 4 is 23.6 Å². The maximum absolute atomic E-state index is 13.7. The van der Waals surface area contributed by atoms with Crippen molar-refractivity contribution in [3.63, 3.8) is 0 Å². The molecule has 0 saturated heterocycles. The zero-order valence-corrected chi connectivity index (χ0v) is 12.8. The molecule has 120 valence electrons. The van der Waals surface area contributed by atoms with Gasteiger partial charge in [-0.05, 0) is 36.8 Å². The number of anilines is 1. The van der Waals surface area contributed by atoms with Crippen LogP contribution in [0.3, 0.4) is 0 Å². The van der Waals surface area contributed by atoms with Crippen molar-refractivity contribution in [1.82, 2.24) is 0 Å². The van der Waals surface area contributed by atoms with Crippen LogP contribution in [-0.2, 0) is 4.79 Å². The first-order valence-electron chi connectivity index (χ1n) is 7.00. The summed E-state index contributed by atoms with van der Waals surface area (Å²) < 4.78 is 13.7. The number of hydrogen-bond acceptors (Lipinski definition) is 3. The Morgan fingerprint density at radius 3 is 2.42 bits per heavy atom. The van der Waals surface area contributed by atoms with E-state index in [9.17, 15) is 14.0 Å². The minimum absolute atomic E-state index is 0.118. The van der Waals surface area contributed by atoms with Crippen molar-refractivity contribution in [1.29, 1.82) is 5.26 Å². The summed E-state index contributed by atoms with van der Waals surface area (Å²) >= 11 is 0. The van der Waals surface area contributed by atoms with E-state index in [0.717, 1.165) is 11.6 Å². The maximum Gasteiger partial charge on any atom is 0.266 e. The number of amides is 2. The first kappa shape index (κ1) is 16.9. The second kappa shape index (κ2) is 7.20.